The van der Waals surface area contributed by atoms with Crippen LogP contribution in [0.15, 0.2) is 0 Å². The minimum absolute atomic E-state index is 1.24. The lowest BCUT2D eigenvalue weighted by molar-refractivity contribution is 0.204. The molecular weight excluding hydrogens is 270 g/mol. The Kier molecular flexibility index (Phi) is 2.59. The van der Waals surface area contributed by atoms with E-state index in [1.54, 1.807) is 0 Å². The average molecular weight is 282 g/mol. The van der Waals surface area contributed by atoms with Crippen LogP contribution in [0.2, 0.25) is 0 Å². The lowest BCUT2D eigenvalue weighted by Crippen LogP contribution is -2.18. The predicted molar refractivity (Wildman–Crippen MR) is 56.6 cm³/mol. The van der Waals surface area contributed by atoms with Crippen LogP contribution >= 0.6 is 0 Å². The van der Waals surface area contributed by atoms with Gasteiger partial charge in [-0.25, -0.2) is 26.3 Å². The number of hydrogen-bond donors (Lipinski definition) is 0. The van der Waals surface area contributed by atoms with E-state index < -0.39 is 51.1 Å². The maximum Gasteiger partial charge on any atom is 0.200 e. The summed E-state index contributed by atoms with van der Waals surface area (Å²) >= 11 is 0. The van der Waals surface area contributed by atoms with Gasteiger partial charge in [0.05, 0.1) is 5.56 Å². The van der Waals surface area contributed by atoms with E-state index in [9.17, 15) is 26.3 Å². The van der Waals surface area contributed by atoms with E-state index in [4.69, 9.17) is 0 Å². The first-order valence-electron chi connectivity index (χ1n) is 5.63. The fourth-order valence-corrected chi connectivity index (χ4v) is 2.78. The van der Waals surface area contributed by atoms with E-state index in [0.29, 0.717) is 0 Å². The summed E-state index contributed by atoms with van der Waals surface area (Å²) < 4.78 is 81.4. The topological polar surface area (TPSA) is 0 Å². The summed E-state index contributed by atoms with van der Waals surface area (Å²) in [5.74, 6) is -10.7. The zero-order chi connectivity index (χ0) is 15.0. The maximum absolute atomic E-state index is 14.9. The summed E-state index contributed by atoms with van der Waals surface area (Å²) in [4.78, 5) is 0. The van der Waals surface area contributed by atoms with Crippen molar-refractivity contribution in [2.75, 3.05) is 0 Å². The van der Waals surface area contributed by atoms with Gasteiger partial charge in [-0.15, -0.1) is 0 Å². The van der Waals surface area contributed by atoms with Crippen molar-refractivity contribution in [1.82, 2.24) is 0 Å². The molecule has 0 amide bonds. The molecule has 0 radical (unpaired) electrons. The van der Waals surface area contributed by atoms with Gasteiger partial charge >= 0.3 is 0 Å². The summed E-state index contributed by atoms with van der Waals surface area (Å²) in [5, 5.41) is 0. The summed E-state index contributed by atoms with van der Waals surface area (Å²) in [6.07, 6.45) is 0. The van der Waals surface area contributed by atoms with Crippen LogP contribution in [0.1, 0.15) is 33.3 Å². The summed E-state index contributed by atoms with van der Waals surface area (Å²) in [6, 6.07) is 0. The highest BCUT2D eigenvalue weighted by atomic mass is 19.2. The standard InChI is InChI=1S/C13H12F6/c1-11(2)12(3,4)13(11,19)5-6(14)8(16)10(18)9(17)7(5)15/h1-4H3. The van der Waals surface area contributed by atoms with E-state index in [-0.39, 0.29) is 0 Å². The second-order valence-corrected chi connectivity index (χ2v) is 5.85. The first-order chi connectivity index (χ1) is 8.43. The third-order valence-corrected chi connectivity index (χ3v) is 4.78. The van der Waals surface area contributed by atoms with Gasteiger partial charge in [-0.1, -0.05) is 27.7 Å². The molecule has 1 saturated carbocycles. The molecule has 1 fully saturated rings. The first-order valence-corrected chi connectivity index (χ1v) is 5.63. The van der Waals surface area contributed by atoms with Gasteiger partial charge in [0.2, 0.25) is 5.82 Å². The average Bonchev–Trinajstić information content (AvgIpc) is 2.62. The van der Waals surface area contributed by atoms with E-state index in [2.05, 4.69) is 0 Å². The van der Waals surface area contributed by atoms with Crippen LogP contribution in [0.3, 0.4) is 0 Å². The van der Waals surface area contributed by atoms with Crippen molar-refractivity contribution in [2.45, 2.75) is 33.4 Å². The molecule has 0 heterocycles. The van der Waals surface area contributed by atoms with E-state index in [1.165, 1.54) is 27.7 Å². The molecule has 0 spiro atoms. The lowest BCUT2D eigenvalue weighted by atomic mass is 9.98. The molecule has 1 aromatic rings. The van der Waals surface area contributed by atoms with Gasteiger partial charge in [0.15, 0.2) is 28.9 Å². The zero-order valence-corrected chi connectivity index (χ0v) is 10.8. The highest BCUT2D eigenvalue weighted by molar-refractivity contribution is 5.42. The molecule has 1 aliphatic rings. The molecule has 0 atom stereocenters. The van der Waals surface area contributed by atoms with Crippen LogP contribution in [-0.2, 0) is 5.67 Å². The van der Waals surface area contributed by atoms with Crippen LogP contribution < -0.4 is 0 Å². The number of benzene rings is 1. The van der Waals surface area contributed by atoms with Gasteiger partial charge in [0.1, 0.15) is 0 Å². The van der Waals surface area contributed by atoms with Crippen LogP contribution in [0.5, 0.6) is 0 Å². The fourth-order valence-electron chi connectivity index (χ4n) is 2.78. The summed E-state index contributed by atoms with van der Waals surface area (Å²) in [6.45, 7) is 5.52. The molecule has 0 unspecified atom stereocenters. The predicted octanol–water partition coefficient (Wildman–Crippen LogP) is 4.61. The monoisotopic (exact) mass is 282 g/mol. The molecular formula is C13H12F6. The van der Waals surface area contributed by atoms with Gasteiger partial charge in [0.25, 0.3) is 0 Å². The Morgan fingerprint density at radius 3 is 1.11 bits per heavy atom. The van der Waals surface area contributed by atoms with Crippen molar-refractivity contribution in [3.8, 4) is 0 Å². The zero-order valence-electron chi connectivity index (χ0n) is 10.8. The van der Waals surface area contributed by atoms with E-state index in [0.717, 1.165) is 0 Å². The molecule has 19 heavy (non-hydrogen) atoms. The molecule has 0 aliphatic heterocycles. The lowest BCUT2D eigenvalue weighted by Gasteiger charge is -2.15. The van der Waals surface area contributed by atoms with Crippen molar-refractivity contribution in [3.05, 3.63) is 34.6 Å². The number of rotatable bonds is 1. The maximum atomic E-state index is 14.9. The van der Waals surface area contributed by atoms with Crippen LogP contribution in [0.25, 0.3) is 0 Å². The molecule has 0 saturated heterocycles. The summed E-state index contributed by atoms with van der Waals surface area (Å²) in [7, 11) is 0. The third-order valence-electron chi connectivity index (χ3n) is 4.78. The molecule has 0 bridgehead atoms. The van der Waals surface area contributed by atoms with Crippen LogP contribution in [-0.4, -0.2) is 0 Å². The second-order valence-electron chi connectivity index (χ2n) is 5.85. The second kappa shape index (κ2) is 3.46. The van der Waals surface area contributed by atoms with Gasteiger partial charge < -0.3 is 0 Å². The van der Waals surface area contributed by atoms with Gasteiger partial charge in [-0.3, -0.25) is 0 Å². The molecule has 2 rings (SSSR count). The van der Waals surface area contributed by atoms with Gasteiger partial charge in [-0.2, -0.15) is 0 Å². The van der Waals surface area contributed by atoms with Gasteiger partial charge in [0, 0.05) is 10.8 Å². The fraction of sp³-hybridized carbons (Fsp3) is 0.538. The minimum Gasteiger partial charge on any atom is -0.237 e. The van der Waals surface area contributed by atoms with Crippen molar-refractivity contribution >= 4 is 0 Å². The minimum atomic E-state index is -2.61. The largest absolute Gasteiger partial charge is 0.237 e. The third kappa shape index (κ3) is 1.27. The number of halogens is 6. The Morgan fingerprint density at radius 1 is 0.579 bits per heavy atom. The Bertz CT molecular complexity index is 530. The van der Waals surface area contributed by atoms with E-state index in [1.807, 2.05) is 0 Å². The molecule has 0 N–H and O–H groups in total. The smallest absolute Gasteiger partial charge is 0.200 e. The van der Waals surface area contributed by atoms with Gasteiger partial charge in [-0.05, 0) is 0 Å². The summed E-state index contributed by atoms with van der Waals surface area (Å²) in [5.41, 5.74) is -6.46. The molecule has 6 heteroatoms. The molecule has 1 aliphatic carbocycles. The Balaban J connectivity index is 2.81. The van der Waals surface area contributed by atoms with Crippen molar-refractivity contribution in [3.63, 3.8) is 0 Å². The quantitative estimate of drug-likeness (QED) is 0.401. The molecule has 0 nitrogen and oxygen atoms in total. The van der Waals surface area contributed by atoms with Crippen LogP contribution in [0, 0.1) is 39.9 Å². The van der Waals surface area contributed by atoms with Crippen molar-refractivity contribution in [2.24, 2.45) is 10.8 Å². The SMILES string of the molecule is CC1(C)C(C)(C)C1(F)c1c(F)c(F)c(F)c(F)c1F. The van der Waals surface area contributed by atoms with Crippen LogP contribution in [0.4, 0.5) is 26.3 Å². The normalized spacial score (nSPS) is 22.4. The molecule has 1 aromatic carbocycles. The highest BCUT2D eigenvalue weighted by Gasteiger charge is 2.81. The number of hydrogen-bond acceptors (Lipinski definition) is 0. The molecule has 106 valence electrons. The van der Waals surface area contributed by atoms with Crippen molar-refractivity contribution in [1.29, 1.82) is 0 Å². The molecule has 0 aromatic heterocycles. The highest BCUT2D eigenvalue weighted by Crippen LogP contribution is 2.79. The Labute approximate surface area is 106 Å². The Hall–Kier alpha value is -1.20. The van der Waals surface area contributed by atoms with Crippen molar-refractivity contribution < 1.29 is 26.3 Å². The first kappa shape index (κ1) is 14.2. The number of alkyl halides is 1. The van der Waals surface area contributed by atoms with E-state index >= 15 is 0 Å². The Morgan fingerprint density at radius 2 is 0.842 bits per heavy atom.